The molecule has 7 heteroatoms. The Morgan fingerprint density at radius 3 is 2.50 bits per heavy atom. The topological polar surface area (TPSA) is 57.8 Å². The molecule has 128 valence electrons. The van der Waals surface area contributed by atoms with Gasteiger partial charge in [-0.15, -0.1) is 0 Å². The van der Waals surface area contributed by atoms with Crippen LogP contribution in [0.4, 0.5) is 8.78 Å². The lowest BCUT2D eigenvalue weighted by Gasteiger charge is -2.31. The van der Waals surface area contributed by atoms with Gasteiger partial charge >= 0.3 is 6.61 Å². The van der Waals surface area contributed by atoms with Gasteiger partial charge in [0.25, 0.3) is 5.91 Å². The summed E-state index contributed by atoms with van der Waals surface area (Å²) in [6.45, 7) is 3.25. The number of piperazine rings is 1. The first-order valence-corrected chi connectivity index (χ1v) is 7.83. The number of halogens is 2. The fraction of sp³-hybridized carbons (Fsp3) is 0.412. The molecular weight excluding hydrogens is 316 g/mol. The summed E-state index contributed by atoms with van der Waals surface area (Å²) in [7, 11) is 0. The van der Waals surface area contributed by atoms with Crippen molar-refractivity contribution in [1.82, 2.24) is 4.90 Å². The third kappa shape index (κ3) is 4.77. The molecule has 1 fully saturated rings. The number of hydrogen-bond acceptors (Lipinski definition) is 3. The van der Waals surface area contributed by atoms with Crippen LogP contribution in [0.3, 0.4) is 0 Å². The molecule has 1 aliphatic heterocycles. The molecule has 0 bridgehead atoms. The van der Waals surface area contributed by atoms with E-state index in [0.717, 1.165) is 19.6 Å². The number of nitriles is 1. The number of alkyl halides is 2. The Balaban J connectivity index is 2.06. The number of quaternary nitrogens is 1. The lowest BCUT2D eigenvalue weighted by molar-refractivity contribution is -0.902. The number of benzene rings is 1. The Bertz CT molecular complexity index is 630. The number of amides is 1. The van der Waals surface area contributed by atoms with Gasteiger partial charge in [-0.1, -0.05) is 12.1 Å². The van der Waals surface area contributed by atoms with Crippen LogP contribution in [-0.4, -0.2) is 50.1 Å². The Hall–Kier alpha value is -2.46. The van der Waals surface area contributed by atoms with Crippen molar-refractivity contribution in [2.75, 3.05) is 32.7 Å². The maximum absolute atomic E-state index is 12.4. The quantitative estimate of drug-likeness (QED) is 0.643. The molecule has 0 aliphatic carbocycles. The first kappa shape index (κ1) is 17.9. The lowest BCUT2D eigenvalue weighted by Crippen LogP contribution is -3.14. The number of carbonyl (C=O) groups is 1. The number of ether oxygens (including phenoxy) is 1. The zero-order valence-electron chi connectivity index (χ0n) is 13.5. The van der Waals surface area contributed by atoms with Crippen molar-refractivity contribution in [2.24, 2.45) is 0 Å². The van der Waals surface area contributed by atoms with E-state index in [1.165, 1.54) is 35.2 Å². The van der Waals surface area contributed by atoms with E-state index in [0.29, 0.717) is 18.7 Å². The molecule has 1 aromatic rings. The Morgan fingerprint density at radius 2 is 2.00 bits per heavy atom. The molecule has 1 aromatic carbocycles. The predicted octanol–water partition coefficient (Wildman–Crippen LogP) is 0.942. The Kier molecular flexibility index (Phi) is 6.27. The molecule has 5 nitrogen and oxygen atoms in total. The van der Waals surface area contributed by atoms with E-state index in [1.54, 1.807) is 4.90 Å². The summed E-state index contributed by atoms with van der Waals surface area (Å²) in [5.74, 6) is -0.258. The molecule has 0 spiro atoms. The van der Waals surface area contributed by atoms with E-state index < -0.39 is 6.61 Å². The number of likely N-dealkylation sites (N-methyl/N-ethyl adjacent to an activating group) is 1. The molecule has 2 rings (SSSR count). The summed E-state index contributed by atoms with van der Waals surface area (Å²) >= 11 is 0. The lowest BCUT2D eigenvalue weighted by atomic mass is 10.1. The molecule has 0 radical (unpaired) electrons. The minimum Gasteiger partial charge on any atom is -0.435 e. The molecule has 0 atom stereocenters. The highest BCUT2D eigenvalue weighted by atomic mass is 19.3. The number of carbonyl (C=O) groups excluding carboxylic acids is 1. The fourth-order valence-corrected chi connectivity index (χ4v) is 2.60. The first-order valence-electron chi connectivity index (χ1n) is 7.83. The monoisotopic (exact) mass is 336 g/mol. The van der Waals surface area contributed by atoms with Crippen LogP contribution >= 0.6 is 0 Å². The largest absolute Gasteiger partial charge is 0.435 e. The summed E-state index contributed by atoms with van der Waals surface area (Å²) in [5, 5.41) is 9.27. The van der Waals surface area contributed by atoms with E-state index in [2.05, 4.69) is 11.7 Å². The van der Waals surface area contributed by atoms with Gasteiger partial charge in [-0.05, 0) is 30.7 Å². The standard InChI is InChI=1S/C17H19F2N3O2/c1-2-21-7-9-22(10-8-21)16(23)14(12-20)11-13-3-5-15(6-4-13)24-17(18)19/h3-6,11,17H,2,7-10H2,1H3/p+1/b14-11+. The van der Waals surface area contributed by atoms with Gasteiger partial charge in [0.05, 0.1) is 32.7 Å². The van der Waals surface area contributed by atoms with Crippen LogP contribution in [-0.2, 0) is 4.79 Å². The second kappa shape index (κ2) is 8.41. The van der Waals surface area contributed by atoms with E-state index in [9.17, 15) is 18.8 Å². The third-order valence-electron chi connectivity index (χ3n) is 4.02. The van der Waals surface area contributed by atoms with Crippen molar-refractivity contribution in [3.05, 3.63) is 35.4 Å². The molecule has 1 heterocycles. The zero-order valence-corrected chi connectivity index (χ0v) is 13.5. The SMILES string of the molecule is CC[NH+]1CCN(C(=O)/C(C#N)=C/c2ccc(OC(F)F)cc2)CC1. The van der Waals surface area contributed by atoms with Crippen molar-refractivity contribution in [1.29, 1.82) is 5.26 Å². The van der Waals surface area contributed by atoms with Crippen LogP contribution in [0.5, 0.6) is 5.75 Å². The van der Waals surface area contributed by atoms with Crippen LogP contribution in [0.2, 0.25) is 0 Å². The molecule has 0 aromatic heterocycles. The number of rotatable bonds is 5. The number of hydrogen-bond donors (Lipinski definition) is 1. The van der Waals surface area contributed by atoms with Crippen molar-refractivity contribution >= 4 is 12.0 Å². The van der Waals surface area contributed by atoms with Gasteiger partial charge in [0.1, 0.15) is 17.4 Å². The molecule has 0 saturated carbocycles. The molecule has 0 unspecified atom stereocenters. The maximum Gasteiger partial charge on any atom is 0.387 e. The van der Waals surface area contributed by atoms with E-state index in [4.69, 9.17) is 0 Å². The first-order chi connectivity index (χ1) is 11.5. The number of nitrogens with one attached hydrogen (secondary N) is 1. The van der Waals surface area contributed by atoms with Gasteiger partial charge in [0, 0.05) is 0 Å². The fourth-order valence-electron chi connectivity index (χ4n) is 2.60. The number of nitrogens with zero attached hydrogens (tertiary/aromatic N) is 2. The highest BCUT2D eigenvalue weighted by Gasteiger charge is 2.24. The second-order valence-electron chi connectivity index (χ2n) is 5.51. The molecule has 1 amide bonds. The maximum atomic E-state index is 12.4. The van der Waals surface area contributed by atoms with Gasteiger partial charge in [-0.25, -0.2) is 0 Å². The molecule has 1 aliphatic rings. The molecule has 1 N–H and O–H groups in total. The van der Waals surface area contributed by atoms with Gasteiger partial charge < -0.3 is 14.5 Å². The van der Waals surface area contributed by atoms with Gasteiger partial charge in [0.15, 0.2) is 0 Å². The van der Waals surface area contributed by atoms with Gasteiger partial charge in [0.2, 0.25) is 0 Å². The van der Waals surface area contributed by atoms with Gasteiger partial charge in [-0.3, -0.25) is 4.79 Å². The zero-order chi connectivity index (χ0) is 17.5. The smallest absolute Gasteiger partial charge is 0.387 e. The van der Waals surface area contributed by atoms with E-state index >= 15 is 0 Å². The van der Waals surface area contributed by atoms with Gasteiger partial charge in [-0.2, -0.15) is 14.0 Å². The normalized spacial score (nSPS) is 16.1. The average Bonchev–Trinajstić information content (AvgIpc) is 2.60. The minimum atomic E-state index is -2.88. The molecule has 1 saturated heterocycles. The predicted molar refractivity (Wildman–Crippen MR) is 84.5 cm³/mol. The summed E-state index contributed by atoms with van der Waals surface area (Å²) < 4.78 is 28.5. The second-order valence-corrected chi connectivity index (χ2v) is 5.51. The third-order valence-corrected chi connectivity index (χ3v) is 4.02. The average molecular weight is 336 g/mol. The van der Waals surface area contributed by atoms with Crippen molar-refractivity contribution < 1.29 is 23.2 Å². The summed E-state index contributed by atoms with van der Waals surface area (Å²) in [5.41, 5.74) is 0.622. The molecule has 24 heavy (non-hydrogen) atoms. The van der Waals surface area contributed by atoms with Crippen molar-refractivity contribution in [3.63, 3.8) is 0 Å². The Morgan fingerprint density at radius 1 is 1.38 bits per heavy atom. The van der Waals surface area contributed by atoms with Crippen LogP contribution in [0, 0.1) is 11.3 Å². The molecular formula is C17H20F2N3O2+. The highest BCUT2D eigenvalue weighted by Crippen LogP contribution is 2.17. The van der Waals surface area contributed by atoms with E-state index in [-0.39, 0.29) is 17.2 Å². The van der Waals surface area contributed by atoms with Crippen LogP contribution in [0.15, 0.2) is 29.8 Å². The minimum absolute atomic E-state index is 0.0330. The van der Waals surface area contributed by atoms with Crippen LogP contribution in [0.25, 0.3) is 6.08 Å². The summed E-state index contributed by atoms with van der Waals surface area (Å²) in [6.07, 6.45) is 1.47. The van der Waals surface area contributed by atoms with Crippen LogP contribution < -0.4 is 9.64 Å². The van der Waals surface area contributed by atoms with Crippen molar-refractivity contribution in [2.45, 2.75) is 13.5 Å². The highest BCUT2D eigenvalue weighted by molar-refractivity contribution is 6.01. The van der Waals surface area contributed by atoms with E-state index in [1.807, 2.05) is 6.07 Å². The Labute approximate surface area is 139 Å². The van der Waals surface area contributed by atoms with Crippen LogP contribution in [0.1, 0.15) is 12.5 Å². The summed E-state index contributed by atoms with van der Waals surface area (Å²) in [6, 6.07) is 7.74. The summed E-state index contributed by atoms with van der Waals surface area (Å²) in [4.78, 5) is 15.6. The van der Waals surface area contributed by atoms with Crippen molar-refractivity contribution in [3.8, 4) is 11.8 Å².